The highest BCUT2D eigenvalue weighted by atomic mass is 32.1. The van der Waals surface area contributed by atoms with Crippen LogP contribution in [0, 0.1) is 11.7 Å². The van der Waals surface area contributed by atoms with Crippen LogP contribution in [0.15, 0.2) is 79.6 Å². The fourth-order valence-corrected chi connectivity index (χ4v) is 8.02. The van der Waals surface area contributed by atoms with Gasteiger partial charge in [-0.1, -0.05) is 34.3 Å². The van der Waals surface area contributed by atoms with Crippen molar-refractivity contribution in [3.63, 3.8) is 0 Å². The van der Waals surface area contributed by atoms with Crippen molar-refractivity contribution in [2.45, 2.75) is 66.3 Å². The molecule has 0 saturated carbocycles. The molecule has 12 nitrogen and oxygen atoms in total. The number of aromatic hydroxyl groups is 4. The van der Waals surface area contributed by atoms with Gasteiger partial charge in [0, 0.05) is 72.2 Å². The summed E-state index contributed by atoms with van der Waals surface area (Å²) in [6, 6.07) is 18.5. The molecular weight excluding hydrogens is 795 g/mol. The van der Waals surface area contributed by atoms with Crippen molar-refractivity contribution in [3.05, 3.63) is 107 Å². The van der Waals surface area contributed by atoms with E-state index in [2.05, 4.69) is 70.5 Å². The van der Waals surface area contributed by atoms with Crippen LogP contribution in [0.4, 0.5) is 5.69 Å². The van der Waals surface area contributed by atoms with Crippen molar-refractivity contribution < 1.29 is 25.2 Å². The van der Waals surface area contributed by atoms with Gasteiger partial charge in [0.1, 0.15) is 28.7 Å². The molecule has 3 aromatic heterocycles. The molecule has 1 atom stereocenters. The summed E-state index contributed by atoms with van der Waals surface area (Å²) in [7, 11) is 5.44. The van der Waals surface area contributed by atoms with Crippen LogP contribution in [-0.4, -0.2) is 63.6 Å². The lowest BCUT2D eigenvalue weighted by Crippen LogP contribution is -2.36. The zero-order valence-electron chi connectivity index (χ0n) is 35.5. The standard InChI is InChI=1S/C24H28N4O3S.C22H25N3O2S/c1-6-14(4)27-10-9-15-18(7-8-21(31-5)22(15)27)28-23(25-26-24(28)32)17-11-16(13(2)3)19(29)12-20(17)30;1-6-15-9-18(21(27)11-20(15)26)14(3)25(22(28)23-4)16-7-8-19-17(10-16)13(2)12-24(19)5/h7-14,29-30H,6H2,1-5H3,(H,26,32);7-12,26-27H,3,6H2,1-2,4-5H3,(H,23,28). The fourth-order valence-electron chi connectivity index (χ4n) is 7.58. The van der Waals surface area contributed by atoms with Gasteiger partial charge < -0.3 is 39.6 Å². The van der Waals surface area contributed by atoms with Crippen molar-refractivity contribution in [1.82, 2.24) is 29.2 Å². The zero-order valence-corrected chi connectivity index (χ0v) is 37.1. The number of anilines is 1. The van der Waals surface area contributed by atoms with Crippen LogP contribution in [0.5, 0.6) is 28.7 Å². The molecule has 3 heterocycles. The minimum absolute atomic E-state index is 0.0411. The van der Waals surface area contributed by atoms with E-state index in [9.17, 15) is 20.4 Å². The molecule has 14 heteroatoms. The van der Waals surface area contributed by atoms with E-state index in [4.69, 9.17) is 29.2 Å². The summed E-state index contributed by atoms with van der Waals surface area (Å²) in [5.41, 5.74) is 7.95. The summed E-state index contributed by atoms with van der Waals surface area (Å²) in [5, 5.41) is 54.2. The number of aromatic amines is 1. The summed E-state index contributed by atoms with van der Waals surface area (Å²) in [4.78, 5) is 1.80. The Hall–Kier alpha value is -6.25. The number of phenols is 4. The number of nitrogens with zero attached hydrogens (tertiary/aromatic N) is 5. The fraction of sp³-hybridized carbons (Fsp3) is 0.283. The van der Waals surface area contributed by atoms with E-state index in [1.54, 1.807) is 31.2 Å². The minimum atomic E-state index is -0.0657. The third-order valence-corrected chi connectivity index (χ3v) is 11.7. The summed E-state index contributed by atoms with van der Waals surface area (Å²) in [6.07, 6.45) is 5.76. The van der Waals surface area contributed by atoms with Crippen LogP contribution in [0.3, 0.4) is 0 Å². The Morgan fingerprint density at radius 3 is 2.32 bits per heavy atom. The molecule has 0 fully saturated rings. The second-order valence-electron chi connectivity index (χ2n) is 15.1. The Balaban J connectivity index is 0.000000203. The number of hydrogen-bond acceptors (Lipinski definition) is 8. The first-order valence-electron chi connectivity index (χ1n) is 19.8. The molecule has 0 radical (unpaired) electrons. The lowest BCUT2D eigenvalue weighted by atomic mass is 9.98. The van der Waals surface area contributed by atoms with Gasteiger partial charge in [-0.3, -0.25) is 14.6 Å². The zero-order chi connectivity index (χ0) is 43.7. The van der Waals surface area contributed by atoms with Crippen LogP contribution >= 0.6 is 24.4 Å². The summed E-state index contributed by atoms with van der Waals surface area (Å²) < 4.78 is 12.2. The predicted molar refractivity (Wildman–Crippen MR) is 249 cm³/mol. The third kappa shape index (κ3) is 7.92. The number of aromatic nitrogens is 5. The normalized spacial score (nSPS) is 11.8. The van der Waals surface area contributed by atoms with Crippen LogP contribution in [-0.2, 0) is 13.5 Å². The first-order valence-corrected chi connectivity index (χ1v) is 20.6. The molecule has 0 aliphatic heterocycles. The minimum Gasteiger partial charge on any atom is -0.508 e. The van der Waals surface area contributed by atoms with Gasteiger partial charge in [-0.05, 0) is 122 Å². The number of rotatable bonds is 10. The topological polar surface area (TPSA) is 149 Å². The smallest absolute Gasteiger partial charge is 0.200 e. The van der Waals surface area contributed by atoms with Gasteiger partial charge >= 0.3 is 0 Å². The van der Waals surface area contributed by atoms with E-state index in [0.717, 1.165) is 56.5 Å². The number of hydrogen-bond donors (Lipinski definition) is 6. The molecule has 60 heavy (non-hydrogen) atoms. The van der Waals surface area contributed by atoms with Crippen molar-refractivity contribution in [2.24, 2.45) is 7.05 Å². The Labute approximate surface area is 360 Å². The van der Waals surface area contributed by atoms with Crippen LogP contribution in [0.2, 0.25) is 0 Å². The van der Waals surface area contributed by atoms with Gasteiger partial charge in [0.05, 0.1) is 29.6 Å². The Kier molecular flexibility index (Phi) is 12.7. The van der Waals surface area contributed by atoms with E-state index < -0.39 is 0 Å². The lowest BCUT2D eigenvalue weighted by Gasteiger charge is -2.28. The molecule has 1 unspecified atom stereocenters. The number of methoxy groups -OCH3 is 1. The van der Waals surface area contributed by atoms with Gasteiger partial charge in [-0.2, -0.15) is 5.10 Å². The van der Waals surface area contributed by atoms with E-state index >= 15 is 0 Å². The molecule has 7 aromatic rings. The van der Waals surface area contributed by atoms with Crippen LogP contribution < -0.4 is 15.0 Å². The Morgan fingerprint density at radius 1 is 0.950 bits per heavy atom. The first-order chi connectivity index (χ1) is 28.6. The number of fused-ring (bicyclic) bond motifs is 2. The molecule has 0 aliphatic carbocycles. The van der Waals surface area contributed by atoms with Crippen molar-refractivity contribution in [3.8, 4) is 45.8 Å². The molecule has 314 valence electrons. The van der Waals surface area contributed by atoms with E-state index in [1.165, 1.54) is 17.7 Å². The quantitative estimate of drug-likeness (QED) is 0.0735. The number of aryl methyl sites for hydroxylation is 3. The average molecular weight is 848 g/mol. The number of benzene rings is 4. The molecule has 4 aromatic carbocycles. The molecule has 6 N–H and O–H groups in total. The molecule has 7 rings (SSSR count). The molecule has 0 saturated heterocycles. The number of H-pyrrole nitrogens is 1. The highest BCUT2D eigenvalue weighted by Gasteiger charge is 2.23. The van der Waals surface area contributed by atoms with Crippen LogP contribution in [0.1, 0.15) is 75.3 Å². The largest absolute Gasteiger partial charge is 0.508 e. The van der Waals surface area contributed by atoms with Gasteiger partial charge in [0.15, 0.2) is 15.7 Å². The molecule has 0 bridgehead atoms. The predicted octanol–water partition coefficient (Wildman–Crippen LogP) is 10.5. The average Bonchev–Trinajstić information content (AvgIpc) is 3.92. The lowest BCUT2D eigenvalue weighted by molar-refractivity contribution is 0.415. The summed E-state index contributed by atoms with van der Waals surface area (Å²) >= 11 is 11.1. The Morgan fingerprint density at radius 2 is 1.67 bits per heavy atom. The Bertz CT molecular complexity index is 2810. The molecular formula is C46H53N7O5S2. The maximum absolute atomic E-state index is 10.7. The second-order valence-corrected chi connectivity index (χ2v) is 15.9. The maximum atomic E-state index is 10.7. The number of phenolic OH excluding ortho intramolecular Hbond substituents is 4. The van der Waals surface area contributed by atoms with Crippen molar-refractivity contribution >= 4 is 62.7 Å². The SMILES string of the molecule is C=C(c1cc(CC)c(O)cc1O)N(C(=S)NC)c1ccc2c(c1)c(C)cn2C.CCC(C)n1ccc2c(-n3c(-c4cc(C(C)C)c(O)cc4O)n[nH]c3=S)ccc(OC)c21. The van der Waals surface area contributed by atoms with Gasteiger partial charge in [0.25, 0.3) is 0 Å². The van der Waals surface area contributed by atoms with Gasteiger partial charge in [-0.15, -0.1) is 0 Å². The first kappa shape index (κ1) is 43.3. The van der Waals surface area contributed by atoms with E-state index in [-0.39, 0.29) is 28.9 Å². The number of ether oxygens (including phenoxy) is 1. The number of nitrogens with one attached hydrogen (secondary N) is 2. The summed E-state index contributed by atoms with van der Waals surface area (Å²) in [6.45, 7) is 16.5. The third-order valence-electron chi connectivity index (χ3n) is 11.0. The molecule has 0 amide bonds. The molecule has 0 aliphatic rings. The van der Waals surface area contributed by atoms with Crippen molar-refractivity contribution in [1.29, 1.82) is 0 Å². The highest BCUT2D eigenvalue weighted by Crippen LogP contribution is 2.41. The van der Waals surface area contributed by atoms with Crippen molar-refractivity contribution in [2.75, 3.05) is 19.1 Å². The van der Waals surface area contributed by atoms with E-state index in [1.807, 2.05) is 62.7 Å². The number of thiocarbonyl (C=S) groups is 1. The maximum Gasteiger partial charge on any atom is 0.200 e. The van der Waals surface area contributed by atoms with Gasteiger partial charge in [0.2, 0.25) is 0 Å². The monoisotopic (exact) mass is 847 g/mol. The van der Waals surface area contributed by atoms with Gasteiger partial charge in [-0.25, -0.2) is 0 Å². The van der Waals surface area contributed by atoms with Crippen LogP contribution in [0.25, 0.3) is 44.6 Å². The van der Waals surface area contributed by atoms with E-state index in [0.29, 0.717) is 45.0 Å². The second kappa shape index (κ2) is 17.5. The highest BCUT2D eigenvalue weighted by molar-refractivity contribution is 7.80. The summed E-state index contributed by atoms with van der Waals surface area (Å²) in [5.74, 6) is 1.34. The molecule has 0 spiro atoms.